The molecule has 0 aliphatic carbocycles. The maximum absolute atomic E-state index is 15.2. The van der Waals surface area contributed by atoms with Crippen molar-refractivity contribution in [3.05, 3.63) is 287 Å². The van der Waals surface area contributed by atoms with Gasteiger partial charge in [0.1, 0.15) is 24.2 Å². The summed E-state index contributed by atoms with van der Waals surface area (Å²) in [6, 6.07) is 78.8. The molecule has 4 fully saturated rings. The second-order valence-corrected chi connectivity index (χ2v) is 23.7. The van der Waals surface area contributed by atoms with Crippen molar-refractivity contribution in [3.63, 3.8) is 0 Å². The van der Waals surface area contributed by atoms with Crippen molar-refractivity contribution in [1.29, 1.82) is 0 Å². The van der Waals surface area contributed by atoms with Gasteiger partial charge in [-0.2, -0.15) is 0 Å². The fourth-order valence-electron chi connectivity index (χ4n) is 13.7. The van der Waals surface area contributed by atoms with E-state index in [2.05, 4.69) is 48.5 Å². The summed E-state index contributed by atoms with van der Waals surface area (Å²) in [7, 11) is 0. The van der Waals surface area contributed by atoms with Crippen molar-refractivity contribution in [2.45, 2.75) is 126 Å². The molecule has 4 aliphatic rings. The Hall–Kier alpha value is -5.84. The number of nitrogens with one attached hydrogen (secondary N) is 4. The third-order valence-electron chi connectivity index (χ3n) is 18.0. The fraction of sp³-hybridized carbons (Fsp3) is 0.368. The van der Waals surface area contributed by atoms with Crippen LogP contribution < -0.4 is 69.2 Å². The largest absolute Gasteiger partial charge is 1.00 e. The van der Waals surface area contributed by atoms with E-state index in [-0.39, 0.29) is 118 Å². The van der Waals surface area contributed by atoms with Gasteiger partial charge in [-0.3, -0.25) is 0 Å². The van der Waals surface area contributed by atoms with Crippen LogP contribution >= 0.6 is 0 Å². The minimum absolute atomic E-state index is 0. The molecule has 4 saturated heterocycles. The third kappa shape index (κ3) is 28.2. The van der Waals surface area contributed by atoms with Crippen molar-refractivity contribution in [2.75, 3.05) is 52.4 Å². The van der Waals surface area contributed by atoms with Crippen LogP contribution in [0, 0.1) is 0 Å². The normalized spacial score (nSPS) is 16.7. The zero-order valence-electron chi connectivity index (χ0n) is 54.9. The molecule has 4 aliphatic heterocycles. The fourth-order valence-corrected chi connectivity index (χ4v) is 13.7. The molecule has 0 amide bonds. The summed E-state index contributed by atoms with van der Waals surface area (Å²) in [5.41, 5.74) is 7.65. The van der Waals surface area contributed by atoms with Gasteiger partial charge < -0.3 is 113 Å². The number of alkyl halides is 4. The number of rotatable bonds is 16. The number of benzene rings is 8. The second kappa shape index (κ2) is 53.2. The Kier molecular flexibility index (Phi) is 53.5. The van der Waals surface area contributed by atoms with E-state index in [1.54, 1.807) is 0 Å². The standard InChI is InChI=1S/4C19H22FN.4ClH.8H2O/c4*20-18(16-10-4-1-5-11-16)19(17-12-6-2-7-13-17)21-14-8-3-9-15-21;;;;;;;;;;;;/h4*1-2,4-7,10-13,18-19H,3,8-9,14-15H2;4*1H;8*1H2/t4*18-,19-;;;;;;;;;;;;/m0000............/s1. The SMILES string of the molecule is F[C@@H](c1ccccc1)[C@H](c1ccccc1)[NH+]1CCCCC1.F[C@@H](c1ccccc1)[C@H](c1ccccc1)[NH+]1CCCCC1.F[C@@H](c1ccccc1)[C@H](c1ccccc1)[NH+]1CCCCC1.F[C@@H](c1ccccc1)[C@H](c1ccccc1)[NH+]1CCCCC1.O.O.O.O.O.O.O.O.[Cl-].[Cl-].[Cl-].[Cl-]. The molecule has 96 heavy (non-hydrogen) atoms. The molecule has 536 valence electrons. The minimum Gasteiger partial charge on any atom is -1.00 e. The van der Waals surface area contributed by atoms with Crippen LogP contribution in [0.3, 0.4) is 0 Å². The van der Waals surface area contributed by atoms with Gasteiger partial charge in [0.05, 0.1) is 52.4 Å². The first kappa shape index (κ1) is 96.5. The monoisotopic (exact) mass is 1420 g/mol. The summed E-state index contributed by atoms with van der Waals surface area (Å²) in [6.07, 6.45) is 11.0. The van der Waals surface area contributed by atoms with E-state index in [1.165, 1.54) is 96.6 Å². The Morgan fingerprint density at radius 3 is 0.417 bits per heavy atom. The minimum atomic E-state index is -0.943. The number of halogens is 8. The maximum Gasteiger partial charge on any atom is 0.181 e. The van der Waals surface area contributed by atoms with Gasteiger partial charge in [0, 0.05) is 22.3 Å². The highest BCUT2D eigenvalue weighted by atomic mass is 35.5. The van der Waals surface area contributed by atoms with Gasteiger partial charge in [-0.25, -0.2) is 17.6 Å². The average molecular weight is 1420 g/mol. The van der Waals surface area contributed by atoms with Gasteiger partial charge in [-0.1, -0.05) is 243 Å². The Morgan fingerprint density at radius 1 is 0.177 bits per heavy atom. The summed E-state index contributed by atoms with van der Waals surface area (Å²) >= 11 is 0. The van der Waals surface area contributed by atoms with Gasteiger partial charge >= 0.3 is 0 Å². The lowest BCUT2D eigenvalue weighted by Crippen LogP contribution is -3.13. The smallest absolute Gasteiger partial charge is 0.181 e. The molecule has 0 bridgehead atoms. The van der Waals surface area contributed by atoms with E-state index in [4.69, 9.17) is 0 Å². The molecule has 20 N–H and O–H groups in total. The highest BCUT2D eigenvalue weighted by Crippen LogP contribution is 2.34. The zero-order valence-corrected chi connectivity index (χ0v) is 57.9. The molecule has 0 spiro atoms. The molecule has 0 saturated carbocycles. The molecule has 4 heterocycles. The third-order valence-corrected chi connectivity index (χ3v) is 18.0. The highest BCUT2D eigenvalue weighted by molar-refractivity contribution is 5.29. The Labute approximate surface area is 592 Å². The lowest BCUT2D eigenvalue weighted by molar-refractivity contribution is -0.940. The van der Waals surface area contributed by atoms with Crippen molar-refractivity contribution in [1.82, 2.24) is 0 Å². The summed E-state index contributed by atoms with van der Waals surface area (Å²) in [5.74, 6) is 0. The number of quaternary nitrogens is 4. The molecular weight excluding hydrogens is 1310 g/mol. The molecule has 0 unspecified atom stereocenters. The lowest BCUT2D eigenvalue weighted by Gasteiger charge is -2.33. The topological polar surface area (TPSA) is 270 Å². The van der Waals surface area contributed by atoms with E-state index in [9.17, 15) is 0 Å². The van der Waals surface area contributed by atoms with Crippen LogP contribution in [-0.4, -0.2) is 96.2 Å². The van der Waals surface area contributed by atoms with Gasteiger partial charge in [0.2, 0.25) is 0 Å². The van der Waals surface area contributed by atoms with Crippen LogP contribution in [0.5, 0.6) is 0 Å². The second-order valence-electron chi connectivity index (χ2n) is 23.7. The first-order chi connectivity index (χ1) is 41.4. The zero-order chi connectivity index (χ0) is 58.0. The number of piperidine rings is 4. The maximum atomic E-state index is 15.2. The number of likely N-dealkylation sites (tertiary alicyclic amines) is 4. The van der Waals surface area contributed by atoms with Crippen LogP contribution in [0.25, 0.3) is 0 Å². The first-order valence-corrected chi connectivity index (χ1v) is 31.8. The van der Waals surface area contributed by atoms with Crippen molar-refractivity contribution in [2.24, 2.45) is 0 Å². The van der Waals surface area contributed by atoms with E-state index in [1.807, 2.05) is 194 Å². The molecule has 8 atom stereocenters. The predicted octanol–water partition coefficient (Wildman–Crippen LogP) is -4.55. The van der Waals surface area contributed by atoms with Crippen LogP contribution in [-0.2, 0) is 0 Å². The van der Waals surface area contributed by atoms with Crippen LogP contribution in [0.4, 0.5) is 17.6 Å². The lowest BCUT2D eigenvalue weighted by atomic mass is 9.94. The van der Waals surface area contributed by atoms with Crippen molar-refractivity contribution >= 4 is 0 Å². The summed E-state index contributed by atoms with van der Waals surface area (Å²) < 4.78 is 61.0. The van der Waals surface area contributed by atoms with E-state index < -0.39 is 24.7 Å². The average Bonchev–Trinajstić information content (AvgIpc) is 0.886. The Bertz CT molecular complexity index is 2610. The van der Waals surface area contributed by atoms with Gasteiger partial charge in [0.15, 0.2) is 24.7 Å². The van der Waals surface area contributed by atoms with E-state index in [0.717, 1.165) is 96.9 Å². The summed E-state index contributed by atoms with van der Waals surface area (Å²) in [5, 5.41) is 0. The van der Waals surface area contributed by atoms with Gasteiger partial charge in [-0.15, -0.1) is 0 Å². The van der Waals surface area contributed by atoms with E-state index >= 15 is 17.6 Å². The molecule has 8 aromatic rings. The molecule has 0 aromatic heterocycles. The van der Waals surface area contributed by atoms with Gasteiger partial charge in [0.25, 0.3) is 0 Å². The first-order valence-electron chi connectivity index (χ1n) is 31.8. The van der Waals surface area contributed by atoms with Crippen LogP contribution in [0.1, 0.15) is 170 Å². The Balaban J connectivity index is -0.000000564. The summed E-state index contributed by atoms with van der Waals surface area (Å²) in [6.45, 7) is 8.61. The molecule has 0 radical (unpaired) electrons. The summed E-state index contributed by atoms with van der Waals surface area (Å²) in [4.78, 5) is 5.57. The molecule has 8 aromatic carbocycles. The molecule has 20 heteroatoms. The highest BCUT2D eigenvalue weighted by Gasteiger charge is 2.38. The molecule has 12 rings (SSSR count). The Morgan fingerprint density at radius 2 is 0.292 bits per heavy atom. The predicted molar refractivity (Wildman–Crippen MR) is 365 cm³/mol. The van der Waals surface area contributed by atoms with Crippen LogP contribution in [0.2, 0.25) is 0 Å². The van der Waals surface area contributed by atoms with E-state index in [0.29, 0.717) is 0 Å². The van der Waals surface area contributed by atoms with Gasteiger partial charge in [-0.05, 0) is 99.3 Å². The van der Waals surface area contributed by atoms with Crippen molar-refractivity contribution < 1.29 is 131 Å². The molecule has 12 nitrogen and oxygen atoms in total. The number of hydrogen-bond donors (Lipinski definition) is 4. The number of hydrogen-bond acceptors (Lipinski definition) is 0. The van der Waals surface area contributed by atoms with Crippen molar-refractivity contribution in [3.8, 4) is 0 Å². The quantitative estimate of drug-likeness (QED) is 0.0667. The van der Waals surface area contributed by atoms with Crippen LogP contribution in [0.15, 0.2) is 243 Å². The molecular formula is C76H108Cl4F4N4O8.